The van der Waals surface area contributed by atoms with E-state index < -0.39 is 5.97 Å². The van der Waals surface area contributed by atoms with Gasteiger partial charge < -0.3 is 10.4 Å². The number of hydrogen-bond donors (Lipinski definition) is 2. The van der Waals surface area contributed by atoms with Crippen LogP contribution in [0.25, 0.3) is 11.1 Å². The van der Waals surface area contributed by atoms with Crippen LogP contribution in [0.4, 0.5) is 5.69 Å². The Balaban J connectivity index is 1.76. The molecule has 0 fully saturated rings. The van der Waals surface area contributed by atoms with Crippen molar-refractivity contribution in [2.24, 2.45) is 0 Å². The minimum absolute atomic E-state index is 0.299. The van der Waals surface area contributed by atoms with E-state index in [1.54, 1.807) is 18.3 Å². The topological polar surface area (TPSA) is 62.2 Å². The van der Waals surface area contributed by atoms with Crippen LogP contribution in [0.2, 0.25) is 4.47 Å². The van der Waals surface area contributed by atoms with Crippen LogP contribution >= 0.6 is 22.9 Å². The number of aromatic nitrogens is 1. The molecule has 3 aromatic rings. The van der Waals surface area contributed by atoms with Crippen molar-refractivity contribution in [2.75, 3.05) is 5.32 Å². The summed E-state index contributed by atoms with van der Waals surface area (Å²) in [5.41, 5.74) is 2.83. The first kappa shape index (κ1) is 15.5. The summed E-state index contributed by atoms with van der Waals surface area (Å²) in [4.78, 5) is 16.3. The molecule has 0 saturated carbocycles. The second-order valence-electron chi connectivity index (χ2n) is 4.86. The van der Waals surface area contributed by atoms with Gasteiger partial charge in [0.05, 0.1) is 12.1 Å². The zero-order valence-corrected chi connectivity index (χ0v) is 13.6. The molecule has 4 nitrogen and oxygen atoms in total. The highest BCUT2D eigenvalue weighted by atomic mass is 35.5. The van der Waals surface area contributed by atoms with Crippen molar-refractivity contribution < 1.29 is 9.90 Å². The van der Waals surface area contributed by atoms with E-state index in [1.165, 1.54) is 11.3 Å². The van der Waals surface area contributed by atoms with E-state index in [1.807, 2.05) is 36.4 Å². The van der Waals surface area contributed by atoms with Crippen molar-refractivity contribution in [3.63, 3.8) is 0 Å². The smallest absolute Gasteiger partial charge is 0.336 e. The molecule has 6 heteroatoms. The Bertz CT molecular complexity index is 831. The van der Waals surface area contributed by atoms with E-state index in [-0.39, 0.29) is 0 Å². The van der Waals surface area contributed by atoms with Crippen LogP contribution < -0.4 is 5.32 Å². The van der Waals surface area contributed by atoms with Gasteiger partial charge in [-0.25, -0.2) is 9.78 Å². The van der Waals surface area contributed by atoms with E-state index in [0.717, 1.165) is 16.1 Å². The molecule has 0 unspecified atom stereocenters. The monoisotopic (exact) mass is 344 g/mol. The molecular formula is C17H13ClN2O2S. The molecule has 23 heavy (non-hydrogen) atoms. The number of nitrogens with one attached hydrogen (secondary N) is 1. The number of anilines is 1. The van der Waals surface area contributed by atoms with E-state index >= 15 is 0 Å². The van der Waals surface area contributed by atoms with Crippen LogP contribution in [-0.2, 0) is 6.54 Å². The van der Waals surface area contributed by atoms with Crippen molar-refractivity contribution in [3.05, 3.63) is 69.6 Å². The molecule has 0 spiro atoms. The van der Waals surface area contributed by atoms with Crippen LogP contribution in [0.3, 0.4) is 0 Å². The number of carboxylic acid groups (broad SMARTS) is 1. The zero-order valence-electron chi connectivity index (χ0n) is 12.0. The quantitative estimate of drug-likeness (QED) is 0.699. The number of rotatable bonds is 5. The number of carbonyl (C=O) groups is 1. The fourth-order valence-corrected chi connectivity index (χ4v) is 3.16. The lowest BCUT2D eigenvalue weighted by atomic mass is 9.99. The molecule has 0 aliphatic heterocycles. The molecule has 0 saturated heterocycles. The number of halogens is 1. The fraction of sp³-hybridized carbons (Fsp3) is 0.0588. The van der Waals surface area contributed by atoms with Crippen LogP contribution in [0.5, 0.6) is 0 Å². The van der Waals surface area contributed by atoms with Gasteiger partial charge in [0.15, 0.2) is 4.47 Å². The zero-order chi connectivity index (χ0) is 16.2. The summed E-state index contributed by atoms with van der Waals surface area (Å²) >= 11 is 7.24. The van der Waals surface area contributed by atoms with Gasteiger partial charge in [-0.1, -0.05) is 41.9 Å². The number of aromatic carboxylic acids is 1. The molecule has 0 amide bonds. The number of benzene rings is 2. The third-order valence-electron chi connectivity index (χ3n) is 3.35. The lowest BCUT2D eigenvalue weighted by Crippen LogP contribution is -1.99. The predicted octanol–water partition coefficient (Wildman–Crippen LogP) is 4.77. The molecule has 116 valence electrons. The Labute approximate surface area is 142 Å². The first-order chi connectivity index (χ1) is 11.1. The molecule has 0 aliphatic rings. The van der Waals surface area contributed by atoms with Crippen LogP contribution in [0.15, 0.2) is 54.7 Å². The summed E-state index contributed by atoms with van der Waals surface area (Å²) in [7, 11) is 0. The standard InChI is InChI=1S/C17H13ClN2O2S/c18-17-20-10-13(23-17)9-19-12-7-5-11(6-8-12)14-3-1-2-4-15(14)16(21)22/h1-8,10,19H,9H2,(H,21,22). The van der Waals surface area contributed by atoms with E-state index in [9.17, 15) is 9.90 Å². The SMILES string of the molecule is O=C(O)c1ccccc1-c1ccc(NCc2cnc(Cl)s2)cc1. The van der Waals surface area contributed by atoms with Gasteiger partial charge in [-0.3, -0.25) is 0 Å². The maximum absolute atomic E-state index is 11.3. The second kappa shape index (κ2) is 6.81. The van der Waals surface area contributed by atoms with Crippen molar-refractivity contribution in [3.8, 4) is 11.1 Å². The Hall–Kier alpha value is -2.37. The Kier molecular flexibility index (Phi) is 4.60. The van der Waals surface area contributed by atoms with Gasteiger partial charge in [0.1, 0.15) is 0 Å². The summed E-state index contributed by atoms with van der Waals surface area (Å²) in [5, 5.41) is 12.6. The summed E-state index contributed by atoms with van der Waals surface area (Å²) < 4.78 is 0.530. The molecule has 0 atom stereocenters. The molecule has 1 aromatic heterocycles. The summed E-state index contributed by atoms with van der Waals surface area (Å²) in [6.45, 7) is 0.648. The molecule has 2 N–H and O–H groups in total. The minimum atomic E-state index is -0.926. The normalized spacial score (nSPS) is 10.5. The van der Waals surface area contributed by atoms with Crippen LogP contribution in [-0.4, -0.2) is 16.1 Å². The van der Waals surface area contributed by atoms with Gasteiger partial charge >= 0.3 is 5.97 Å². The first-order valence-electron chi connectivity index (χ1n) is 6.90. The van der Waals surface area contributed by atoms with Crippen molar-refractivity contribution in [1.82, 2.24) is 4.98 Å². The lowest BCUT2D eigenvalue weighted by molar-refractivity contribution is 0.0697. The van der Waals surface area contributed by atoms with Gasteiger partial charge in [0.2, 0.25) is 0 Å². The molecular weight excluding hydrogens is 332 g/mol. The third-order valence-corrected chi connectivity index (χ3v) is 4.46. The molecule has 0 bridgehead atoms. The number of thiazole rings is 1. The highest BCUT2D eigenvalue weighted by Gasteiger charge is 2.10. The van der Waals surface area contributed by atoms with Crippen molar-refractivity contribution in [2.45, 2.75) is 6.54 Å². The Morgan fingerprint density at radius 1 is 1.17 bits per heavy atom. The summed E-state index contributed by atoms with van der Waals surface area (Å²) in [6.07, 6.45) is 1.75. The fourth-order valence-electron chi connectivity index (χ4n) is 2.24. The summed E-state index contributed by atoms with van der Waals surface area (Å²) in [6, 6.07) is 14.6. The van der Waals surface area contributed by atoms with Crippen molar-refractivity contribution in [1.29, 1.82) is 0 Å². The van der Waals surface area contributed by atoms with Gasteiger partial charge in [-0.15, -0.1) is 11.3 Å². The molecule has 3 rings (SSSR count). The number of hydrogen-bond acceptors (Lipinski definition) is 4. The largest absolute Gasteiger partial charge is 0.478 e. The number of nitrogens with zero attached hydrogens (tertiary/aromatic N) is 1. The summed E-state index contributed by atoms with van der Waals surface area (Å²) in [5.74, 6) is -0.926. The maximum atomic E-state index is 11.3. The lowest BCUT2D eigenvalue weighted by Gasteiger charge is -2.08. The Morgan fingerprint density at radius 2 is 1.91 bits per heavy atom. The predicted molar refractivity (Wildman–Crippen MR) is 93.3 cm³/mol. The maximum Gasteiger partial charge on any atom is 0.336 e. The van der Waals surface area contributed by atoms with Gasteiger partial charge in [-0.05, 0) is 29.3 Å². The Morgan fingerprint density at radius 3 is 2.57 bits per heavy atom. The minimum Gasteiger partial charge on any atom is -0.478 e. The van der Waals surface area contributed by atoms with Gasteiger partial charge in [0.25, 0.3) is 0 Å². The molecule has 1 heterocycles. The number of carboxylic acids is 1. The average molecular weight is 345 g/mol. The van der Waals surface area contributed by atoms with Gasteiger partial charge in [-0.2, -0.15) is 0 Å². The molecule has 0 aliphatic carbocycles. The first-order valence-corrected chi connectivity index (χ1v) is 8.10. The molecule has 0 radical (unpaired) electrons. The third kappa shape index (κ3) is 3.70. The van der Waals surface area contributed by atoms with E-state index in [0.29, 0.717) is 22.1 Å². The van der Waals surface area contributed by atoms with E-state index in [4.69, 9.17) is 11.6 Å². The molecule has 2 aromatic carbocycles. The van der Waals surface area contributed by atoms with Crippen LogP contribution in [0, 0.1) is 0 Å². The second-order valence-corrected chi connectivity index (χ2v) is 6.56. The van der Waals surface area contributed by atoms with Crippen LogP contribution in [0.1, 0.15) is 15.2 Å². The van der Waals surface area contributed by atoms with E-state index in [2.05, 4.69) is 10.3 Å². The van der Waals surface area contributed by atoms with Gasteiger partial charge in [0, 0.05) is 16.8 Å². The highest BCUT2D eigenvalue weighted by molar-refractivity contribution is 7.15. The average Bonchev–Trinajstić information content (AvgIpc) is 2.99. The highest BCUT2D eigenvalue weighted by Crippen LogP contribution is 2.26. The van der Waals surface area contributed by atoms with Crippen molar-refractivity contribution >= 4 is 34.6 Å².